The van der Waals surface area contributed by atoms with E-state index in [0.717, 1.165) is 12.8 Å². The minimum Gasteiger partial charge on any atom is -0.490 e. The fourth-order valence-electron chi connectivity index (χ4n) is 2.47. The van der Waals surface area contributed by atoms with Crippen molar-refractivity contribution in [2.24, 2.45) is 0 Å². The number of rotatable bonds is 4. The second-order valence-corrected chi connectivity index (χ2v) is 4.87. The first-order valence-corrected chi connectivity index (χ1v) is 6.82. The zero-order valence-electron chi connectivity index (χ0n) is 11.0. The molecular weight excluding hydrogens is 284 g/mol. The highest BCUT2D eigenvalue weighted by atomic mass is 35.5. The van der Waals surface area contributed by atoms with E-state index in [1.54, 1.807) is 4.90 Å². The van der Waals surface area contributed by atoms with Crippen LogP contribution in [0.3, 0.4) is 0 Å². The Bertz CT molecular complexity index is 535. The third kappa shape index (κ3) is 2.56. The maximum atomic E-state index is 12.5. The number of halogens is 1. The minimum atomic E-state index is -0.557. The molecule has 7 heteroatoms. The molecule has 6 nitrogen and oxygen atoms in total. The number of ether oxygens (including phenoxy) is 1. The lowest BCUT2D eigenvalue weighted by atomic mass is 10.1. The Kier molecular flexibility index (Phi) is 4.44. The number of amides is 1. The van der Waals surface area contributed by atoms with Gasteiger partial charge in [-0.3, -0.25) is 14.9 Å². The number of hydrogen-bond acceptors (Lipinski definition) is 4. The molecule has 108 valence electrons. The quantitative estimate of drug-likeness (QED) is 0.486. The Hall–Kier alpha value is -1.82. The molecule has 0 aromatic heterocycles. The highest BCUT2D eigenvalue weighted by Crippen LogP contribution is 2.33. The molecule has 20 heavy (non-hydrogen) atoms. The van der Waals surface area contributed by atoms with Crippen molar-refractivity contribution in [2.45, 2.75) is 18.9 Å². The number of nitrogens with zero attached hydrogens (tertiary/aromatic N) is 2. The number of likely N-dealkylation sites (tertiary alicyclic amines) is 1. The monoisotopic (exact) mass is 298 g/mol. The van der Waals surface area contributed by atoms with Gasteiger partial charge in [0.2, 0.25) is 5.75 Å². The minimum absolute atomic E-state index is 0.00252. The number of benzene rings is 1. The van der Waals surface area contributed by atoms with Crippen LogP contribution in [-0.2, 0) is 0 Å². The second-order valence-electron chi connectivity index (χ2n) is 4.56. The van der Waals surface area contributed by atoms with Crippen LogP contribution in [0.1, 0.15) is 23.2 Å². The fraction of sp³-hybridized carbons (Fsp3) is 0.462. The van der Waals surface area contributed by atoms with Crippen molar-refractivity contribution < 1.29 is 14.5 Å². The standard InChI is InChI=1S/C13H15ClN2O4/c1-20-12-10(5-2-6-11(12)16(18)19)13(17)15-7-3-4-9(15)8-14/h2,5-6,9H,3-4,7-8H2,1H3. The van der Waals surface area contributed by atoms with Gasteiger partial charge in [0, 0.05) is 24.5 Å². The van der Waals surface area contributed by atoms with E-state index in [2.05, 4.69) is 0 Å². The van der Waals surface area contributed by atoms with Crippen LogP contribution < -0.4 is 4.74 Å². The SMILES string of the molecule is COc1c(C(=O)N2CCCC2CCl)cccc1[N+](=O)[O-]. The molecule has 1 aromatic rings. The van der Waals surface area contributed by atoms with E-state index in [4.69, 9.17) is 16.3 Å². The van der Waals surface area contributed by atoms with Gasteiger partial charge < -0.3 is 9.64 Å². The van der Waals surface area contributed by atoms with Gasteiger partial charge in [-0.1, -0.05) is 6.07 Å². The maximum Gasteiger partial charge on any atom is 0.311 e. The first-order chi connectivity index (χ1) is 9.60. The summed E-state index contributed by atoms with van der Waals surface area (Å²) in [4.78, 5) is 24.6. The van der Waals surface area contributed by atoms with Gasteiger partial charge in [0.15, 0.2) is 0 Å². The van der Waals surface area contributed by atoms with Gasteiger partial charge in [0.1, 0.15) is 0 Å². The van der Waals surface area contributed by atoms with Crippen molar-refractivity contribution in [3.63, 3.8) is 0 Å². The van der Waals surface area contributed by atoms with Crippen molar-refractivity contribution in [2.75, 3.05) is 19.5 Å². The third-order valence-corrected chi connectivity index (χ3v) is 3.80. The number of hydrogen-bond donors (Lipinski definition) is 0. The molecule has 1 heterocycles. The van der Waals surface area contributed by atoms with Gasteiger partial charge in [-0.15, -0.1) is 11.6 Å². The maximum absolute atomic E-state index is 12.5. The van der Waals surface area contributed by atoms with Crippen LogP contribution in [0.15, 0.2) is 18.2 Å². The van der Waals surface area contributed by atoms with Gasteiger partial charge in [0.05, 0.1) is 17.6 Å². The largest absolute Gasteiger partial charge is 0.490 e. The van der Waals surface area contributed by atoms with Gasteiger partial charge in [-0.2, -0.15) is 0 Å². The number of alkyl halides is 1. The Morgan fingerprint density at radius 2 is 2.35 bits per heavy atom. The van der Waals surface area contributed by atoms with Gasteiger partial charge in [-0.05, 0) is 18.9 Å². The highest BCUT2D eigenvalue weighted by molar-refractivity contribution is 6.18. The van der Waals surface area contributed by atoms with Crippen molar-refractivity contribution in [3.05, 3.63) is 33.9 Å². The van der Waals surface area contributed by atoms with Crippen molar-refractivity contribution in [1.82, 2.24) is 4.90 Å². The molecule has 2 rings (SSSR count). The molecule has 0 spiro atoms. The first kappa shape index (κ1) is 14.6. The number of para-hydroxylation sites is 1. The van der Waals surface area contributed by atoms with Crippen LogP contribution in [0.25, 0.3) is 0 Å². The summed E-state index contributed by atoms with van der Waals surface area (Å²) in [7, 11) is 1.32. The first-order valence-electron chi connectivity index (χ1n) is 6.28. The molecule has 1 fully saturated rings. The topological polar surface area (TPSA) is 72.7 Å². The molecule has 1 amide bonds. The Morgan fingerprint density at radius 3 is 2.95 bits per heavy atom. The molecule has 1 saturated heterocycles. The Balaban J connectivity index is 2.39. The van der Waals surface area contributed by atoms with Crippen molar-refractivity contribution in [3.8, 4) is 5.75 Å². The predicted molar refractivity (Wildman–Crippen MR) is 74.4 cm³/mol. The van der Waals surface area contributed by atoms with Gasteiger partial charge in [0.25, 0.3) is 5.91 Å². The summed E-state index contributed by atoms with van der Waals surface area (Å²) in [6.45, 7) is 0.613. The van der Waals surface area contributed by atoms with Crippen molar-refractivity contribution >= 4 is 23.2 Å². The molecule has 0 saturated carbocycles. The van der Waals surface area contributed by atoms with E-state index in [1.807, 2.05) is 0 Å². The molecule has 1 atom stereocenters. The Morgan fingerprint density at radius 1 is 1.60 bits per heavy atom. The highest BCUT2D eigenvalue weighted by Gasteiger charge is 2.32. The van der Waals surface area contributed by atoms with Crippen LogP contribution >= 0.6 is 11.6 Å². The zero-order valence-corrected chi connectivity index (χ0v) is 11.8. The van der Waals surface area contributed by atoms with E-state index in [-0.39, 0.29) is 28.9 Å². The smallest absolute Gasteiger partial charge is 0.311 e. The van der Waals surface area contributed by atoms with E-state index < -0.39 is 4.92 Å². The van der Waals surface area contributed by atoms with Gasteiger partial charge in [-0.25, -0.2) is 0 Å². The molecule has 1 aromatic carbocycles. The third-order valence-electron chi connectivity index (χ3n) is 3.44. The lowest BCUT2D eigenvalue weighted by Crippen LogP contribution is -2.36. The van der Waals surface area contributed by atoms with Crippen molar-refractivity contribution in [1.29, 1.82) is 0 Å². The molecule has 1 unspecified atom stereocenters. The molecule has 0 N–H and O–H groups in total. The normalized spacial score (nSPS) is 18.1. The van der Waals surface area contributed by atoms with E-state index in [1.165, 1.54) is 25.3 Å². The summed E-state index contributed by atoms with van der Waals surface area (Å²) in [6.07, 6.45) is 1.74. The zero-order chi connectivity index (χ0) is 14.7. The van der Waals surface area contributed by atoms with E-state index in [0.29, 0.717) is 12.4 Å². The summed E-state index contributed by atoms with van der Waals surface area (Å²) in [5, 5.41) is 11.0. The summed E-state index contributed by atoms with van der Waals surface area (Å²) < 4.78 is 5.07. The molecule has 1 aliphatic rings. The van der Waals surface area contributed by atoms with E-state index in [9.17, 15) is 14.9 Å². The predicted octanol–water partition coefficient (Wildman–Crippen LogP) is 2.45. The number of carbonyl (C=O) groups excluding carboxylic acids is 1. The second kappa shape index (κ2) is 6.09. The molecular formula is C13H15ClN2O4. The molecule has 1 aliphatic heterocycles. The van der Waals surface area contributed by atoms with E-state index >= 15 is 0 Å². The lowest BCUT2D eigenvalue weighted by Gasteiger charge is -2.23. The summed E-state index contributed by atoms with van der Waals surface area (Å²) in [5.41, 5.74) is -0.00122. The van der Waals surface area contributed by atoms with Crippen LogP contribution in [0.4, 0.5) is 5.69 Å². The molecule has 0 radical (unpaired) electrons. The van der Waals surface area contributed by atoms with Gasteiger partial charge >= 0.3 is 5.69 Å². The average Bonchev–Trinajstić information content (AvgIpc) is 2.93. The molecule has 0 aliphatic carbocycles. The fourth-order valence-corrected chi connectivity index (χ4v) is 2.79. The number of nitro groups is 1. The Labute approximate surface area is 121 Å². The van der Waals surface area contributed by atoms with Crippen LogP contribution in [-0.4, -0.2) is 41.3 Å². The van der Waals surface area contributed by atoms with Crippen LogP contribution in [0.2, 0.25) is 0 Å². The number of methoxy groups -OCH3 is 1. The number of carbonyl (C=O) groups is 1. The summed E-state index contributed by atoms with van der Waals surface area (Å²) >= 11 is 5.86. The lowest BCUT2D eigenvalue weighted by molar-refractivity contribution is -0.385. The summed E-state index contributed by atoms with van der Waals surface area (Å²) in [5.74, 6) is 0.0969. The average molecular weight is 299 g/mol. The van der Waals surface area contributed by atoms with Crippen LogP contribution in [0.5, 0.6) is 5.75 Å². The number of nitro benzene ring substituents is 1. The molecule has 0 bridgehead atoms. The summed E-state index contributed by atoms with van der Waals surface area (Å²) in [6, 6.07) is 4.32. The van der Waals surface area contributed by atoms with Crippen LogP contribution in [0, 0.1) is 10.1 Å².